The summed E-state index contributed by atoms with van der Waals surface area (Å²) in [4.78, 5) is 14.0. The Kier molecular flexibility index (Phi) is 3.43. The lowest BCUT2D eigenvalue weighted by atomic mass is 10.1. The van der Waals surface area contributed by atoms with E-state index in [1.54, 1.807) is 17.0 Å². The van der Waals surface area contributed by atoms with Gasteiger partial charge in [-0.1, -0.05) is 11.6 Å². The maximum atomic E-state index is 13.6. The van der Waals surface area contributed by atoms with E-state index < -0.39 is 5.82 Å². The Labute approximate surface area is 101 Å². The summed E-state index contributed by atoms with van der Waals surface area (Å²) in [5, 5.41) is 3.21. The summed E-state index contributed by atoms with van der Waals surface area (Å²) in [6.07, 6.45) is 0. The number of nitrogens with one attached hydrogen (secondary N) is 1. The van der Waals surface area contributed by atoms with Crippen molar-refractivity contribution in [1.82, 2.24) is 10.2 Å². The van der Waals surface area contributed by atoms with Crippen LogP contribution in [0.25, 0.3) is 0 Å². The molecule has 1 amide bonds. The fourth-order valence-electron chi connectivity index (χ4n) is 2.10. The number of rotatable bonds is 1. The number of aryl methyl sites for hydroxylation is 1. The first kappa shape index (κ1) is 12.0. The van der Waals surface area contributed by atoms with E-state index in [2.05, 4.69) is 5.32 Å². The molecule has 0 bridgehead atoms. The van der Waals surface area contributed by atoms with Gasteiger partial charge in [-0.05, 0) is 26.0 Å². The summed E-state index contributed by atoms with van der Waals surface area (Å²) in [7, 11) is 0. The summed E-state index contributed by atoms with van der Waals surface area (Å²) in [6, 6.07) is 4.76. The molecule has 1 aliphatic rings. The van der Waals surface area contributed by atoms with Gasteiger partial charge in [0.15, 0.2) is 0 Å². The van der Waals surface area contributed by atoms with Crippen molar-refractivity contribution in [2.45, 2.75) is 19.9 Å². The highest BCUT2D eigenvalue weighted by molar-refractivity contribution is 5.95. The molecule has 1 atom stereocenters. The van der Waals surface area contributed by atoms with Gasteiger partial charge in [-0.15, -0.1) is 0 Å². The summed E-state index contributed by atoms with van der Waals surface area (Å²) < 4.78 is 13.6. The van der Waals surface area contributed by atoms with E-state index in [4.69, 9.17) is 0 Å². The molecule has 4 heteroatoms. The average molecular weight is 236 g/mol. The van der Waals surface area contributed by atoms with Crippen LogP contribution in [0.2, 0.25) is 0 Å². The Hall–Kier alpha value is -1.42. The van der Waals surface area contributed by atoms with Gasteiger partial charge in [-0.2, -0.15) is 0 Å². The second kappa shape index (κ2) is 4.84. The van der Waals surface area contributed by atoms with Crippen molar-refractivity contribution in [2.24, 2.45) is 0 Å². The van der Waals surface area contributed by atoms with Crippen molar-refractivity contribution in [3.8, 4) is 0 Å². The number of piperazine rings is 1. The Morgan fingerprint density at radius 3 is 3.00 bits per heavy atom. The van der Waals surface area contributed by atoms with Gasteiger partial charge in [-0.25, -0.2) is 4.39 Å². The monoisotopic (exact) mass is 236 g/mol. The van der Waals surface area contributed by atoms with E-state index in [9.17, 15) is 9.18 Å². The SMILES string of the molecule is Cc1ccc(F)c(C(=O)N2CCNCC2C)c1. The molecule has 2 rings (SSSR count). The Morgan fingerprint density at radius 2 is 2.29 bits per heavy atom. The standard InChI is InChI=1S/C13H17FN2O/c1-9-3-4-12(14)11(7-9)13(17)16-6-5-15-8-10(16)2/h3-4,7,10,15H,5-6,8H2,1-2H3. The molecule has 1 unspecified atom stereocenters. The lowest BCUT2D eigenvalue weighted by molar-refractivity contribution is 0.0651. The minimum Gasteiger partial charge on any atom is -0.333 e. The predicted octanol–water partition coefficient (Wildman–Crippen LogP) is 1.57. The maximum Gasteiger partial charge on any atom is 0.257 e. The maximum absolute atomic E-state index is 13.6. The first-order valence-corrected chi connectivity index (χ1v) is 5.87. The number of carbonyl (C=O) groups is 1. The van der Waals surface area contributed by atoms with Crippen molar-refractivity contribution < 1.29 is 9.18 Å². The number of halogens is 1. The molecule has 1 fully saturated rings. The van der Waals surface area contributed by atoms with Crippen LogP contribution in [-0.2, 0) is 0 Å². The molecule has 92 valence electrons. The lowest BCUT2D eigenvalue weighted by Crippen LogP contribution is -2.52. The summed E-state index contributed by atoms with van der Waals surface area (Å²) in [6.45, 7) is 5.99. The number of nitrogens with zero attached hydrogens (tertiary/aromatic N) is 1. The first-order chi connectivity index (χ1) is 8.09. The number of hydrogen-bond donors (Lipinski definition) is 1. The van der Waals surface area contributed by atoms with Crippen LogP contribution in [0.15, 0.2) is 18.2 Å². The van der Waals surface area contributed by atoms with Gasteiger partial charge < -0.3 is 10.2 Å². The highest BCUT2D eigenvalue weighted by atomic mass is 19.1. The molecule has 1 aromatic carbocycles. The van der Waals surface area contributed by atoms with E-state index in [1.807, 2.05) is 13.8 Å². The zero-order chi connectivity index (χ0) is 12.4. The number of carbonyl (C=O) groups excluding carboxylic acids is 1. The lowest BCUT2D eigenvalue weighted by Gasteiger charge is -2.34. The van der Waals surface area contributed by atoms with Gasteiger partial charge in [0.1, 0.15) is 5.82 Å². The quantitative estimate of drug-likeness (QED) is 0.802. The molecular formula is C13H17FN2O. The summed E-state index contributed by atoms with van der Waals surface area (Å²) in [5.41, 5.74) is 1.08. The molecule has 0 spiro atoms. The fourth-order valence-corrected chi connectivity index (χ4v) is 2.10. The highest BCUT2D eigenvalue weighted by Crippen LogP contribution is 2.15. The second-order valence-electron chi connectivity index (χ2n) is 4.53. The van der Waals surface area contributed by atoms with E-state index in [0.717, 1.165) is 18.7 Å². The average Bonchev–Trinajstić information content (AvgIpc) is 2.32. The van der Waals surface area contributed by atoms with Crippen LogP contribution in [0, 0.1) is 12.7 Å². The Morgan fingerprint density at radius 1 is 1.53 bits per heavy atom. The van der Waals surface area contributed by atoms with Gasteiger partial charge in [0, 0.05) is 25.7 Å². The zero-order valence-electron chi connectivity index (χ0n) is 10.2. The van der Waals surface area contributed by atoms with Gasteiger partial charge in [0.05, 0.1) is 5.56 Å². The van der Waals surface area contributed by atoms with Crippen LogP contribution in [-0.4, -0.2) is 36.5 Å². The topological polar surface area (TPSA) is 32.3 Å². The molecule has 17 heavy (non-hydrogen) atoms. The molecule has 1 aliphatic heterocycles. The first-order valence-electron chi connectivity index (χ1n) is 5.87. The van der Waals surface area contributed by atoms with Crippen LogP contribution in [0.4, 0.5) is 4.39 Å². The van der Waals surface area contributed by atoms with Crippen LogP contribution in [0.5, 0.6) is 0 Å². The Bertz CT molecular complexity index is 433. The molecule has 0 saturated carbocycles. The van der Waals surface area contributed by atoms with E-state index in [1.165, 1.54) is 6.07 Å². The molecule has 0 aromatic heterocycles. The van der Waals surface area contributed by atoms with Gasteiger partial charge in [-0.3, -0.25) is 4.79 Å². The Balaban J connectivity index is 2.26. The van der Waals surface area contributed by atoms with Crippen LogP contribution in [0.1, 0.15) is 22.8 Å². The van der Waals surface area contributed by atoms with Crippen molar-refractivity contribution >= 4 is 5.91 Å². The largest absolute Gasteiger partial charge is 0.333 e. The molecule has 0 radical (unpaired) electrons. The summed E-state index contributed by atoms with van der Waals surface area (Å²) >= 11 is 0. The normalized spacial score (nSPS) is 20.4. The van der Waals surface area contributed by atoms with Crippen molar-refractivity contribution in [3.63, 3.8) is 0 Å². The number of amides is 1. The minimum atomic E-state index is -0.439. The smallest absolute Gasteiger partial charge is 0.257 e. The van der Waals surface area contributed by atoms with E-state index >= 15 is 0 Å². The number of hydrogen-bond acceptors (Lipinski definition) is 2. The minimum absolute atomic E-state index is 0.108. The van der Waals surface area contributed by atoms with Gasteiger partial charge >= 0.3 is 0 Å². The molecule has 1 aromatic rings. The highest BCUT2D eigenvalue weighted by Gasteiger charge is 2.25. The molecule has 1 heterocycles. The van der Waals surface area contributed by atoms with Crippen LogP contribution < -0.4 is 5.32 Å². The second-order valence-corrected chi connectivity index (χ2v) is 4.53. The molecule has 1 N–H and O–H groups in total. The third-order valence-corrected chi connectivity index (χ3v) is 3.11. The molecular weight excluding hydrogens is 219 g/mol. The molecule has 1 saturated heterocycles. The predicted molar refractivity (Wildman–Crippen MR) is 64.5 cm³/mol. The fraction of sp³-hybridized carbons (Fsp3) is 0.462. The summed E-state index contributed by atoms with van der Waals surface area (Å²) in [5.74, 6) is -0.647. The van der Waals surface area contributed by atoms with E-state index in [0.29, 0.717) is 6.54 Å². The molecule has 3 nitrogen and oxygen atoms in total. The van der Waals surface area contributed by atoms with Gasteiger partial charge in [0.2, 0.25) is 0 Å². The third-order valence-electron chi connectivity index (χ3n) is 3.11. The van der Waals surface area contributed by atoms with E-state index in [-0.39, 0.29) is 17.5 Å². The van der Waals surface area contributed by atoms with Crippen molar-refractivity contribution in [2.75, 3.05) is 19.6 Å². The molecule has 0 aliphatic carbocycles. The van der Waals surface area contributed by atoms with Gasteiger partial charge in [0.25, 0.3) is 5.91 Å². The third kappa shape index (κ3) is 2.47. The van der Waals surface area contributed by atoms with Crippen LogP contribution >= 0.6 is 0 Å². The zero-order valence-corrected chi connectivity index (χ0v) is 10.2. The van der Waals surface area contributed by atoms with Crippen molar-refractivity contribution in [1.29, 1.82) is 0 Å². The van der Waals surface area contributed by atoms with Crippen LogP contribution in [0.3, 0.4) is 0 Å². The number of benzene rings is 1. The van der Waals surface area contributed by atoms with Crippen molar-refractivity contribution in [3.05, 3.63) is 35.1 Å².